The highest BCUT2D eigenvalue weighted by Crippen LogP contribution is 2.54. The number of hydrogen-bond donors (Lipinski definition) is 4. The lowest BCUT2D eigenvalue weighted by molar-refractivity contribution is -0.384. The number of fused-ring (bicyclic) bond motifs is 1. The van der Waals surface area contributed by atoms with Crippen LogP contribution in [0.1, 0.15) is 105 Å². The van der Waals surface area contributed by atoms with E-state index in [9.17, 15) is 36.9 Å². The molecule has 69 heavy (non-hydrogen) atoms. The number of nitrogens with one attached hydrogen (secondary N) is 3. The van der Waals surface area contributed by atoms with E-state index in [0.29, 0.717) is 62.4 Å². The highest BCUT2D eigenvalue weighted by atomic mass is 32.2. The van der Waals surface area contributed by atoms with Crippen molar-refractivity contribution in [1.29, 1.82) is 0 Å². The summed E-state index contributed by atoms with van der Waals surface area (Å²) in [6, 6.07) is 18.4. The molecule has 5 aromatic rings. The third kappa shape index (κ3) is 10.0. The van der Waals surface area contributed by atoms with Crippen LogP contribution in [0.5, 0.6) is 11.5 Å². The maximum atomic E-state index is 14.0. The van der Waals surface area contributed by atoms with Gasteiger partial charge in [-0.05, 0) is 124 Å². The average molecular weight is 982 g/mol. The summed E-state index contributed by atoms with van der Waals surface area (Å²) in [7, 11) is -8.00. The van der Waals surface area contributed by atoms with E-state index in [2.05, 4.69) is 59.1 Å². The Kier molecular flexibility index (Phi) is 12.4. The zero-order valence-electron chi connectivity index (χ0n) is 38.8. The number of aromatic nitrogens is 3. The van der Waals surface area contributed by atoms with Gasteiger partial charge in [-0.15, -0.1) is 0 Å². The molecular formula is C49H59N9O9S2. The lowest BCUT2D eigenvalue weighted by atomic mass is 9.59. The summed E-state index contributed by atoms with van der Waals surface area (Å²) in [5.74, 6) is 0.0267. The number of nitrogens with zero attached hydrogens (tertiary/aromatic N) is 6. The average Bonchev–Trinajstić information content (AvgIpc) is 4.06. The first kappa shape index (κ1) is 47.0. The molecule has 5 heterocycles. The second-order valence-corrected chi connectivity index (χ2v) is 23.9. The summed E-state index contributed by atoms with van der Waals surface area (Å²) in [4.78, 5) is 41.3. The lowest BCUT2D eigenvalue weighted by Gasteiger charge is -2.58. The molecule has 20 heteroatoms. The van der Waals surface area contributed by atoms with Crippen molar-refractivity contribution in [2.24, 2.45) is 11.3 Å². The molecule has 2 aliphatic heterocycles. The summed E-state index contributed by atoms with van der Waals surface area (Å²) in [5, 5.41) is 26.2. The predicted octanol–water partition coefficient (Wildman–Crippen LogP) is 7.08. The van der Waals surface area contributed by atoms with Crippen LogP contribution in [0.15, 0.2) is 84.1 Å². The molecule has 3 saturated carbocycles. The van der Waals surface area contributed by atoms with Crippen molar-refractivity contribution in [3.63, 3.8) is 0 Å². The molecule has 5 aliphatic rings. The van der Waals surface area contributed by atoms with Crippen molar-refractivity contribution < 1.29 is 36.4 Å². The lowest BCUT2D eigenvalue weighted by Crippen LogP contribution is -2.60. The number of ether oxygens (including phenoxy) is 1. The number of carbonyl (C=O) groups excluding carboxylic acids is 1. The fourth-order valence-electron chi connectivity index (χ4n) is 11.1. The SMILES string of the molecule is CC1(O)CCC(CNc2ncc(S(=O)(=O)NC(=O)c3ccc(N4CCC5(CC4)CC(N4CCN(S(C)(=O)=O)C[C@@H]4c4ccccc4C4CC4)C5)cc3Oc3cnc4[nH]ccc4c3)cc2[N+](=O)[O-])CC1. The molecule has 10 rings (SSSR count). The maximum absolute atomic E-state index is 14.0. The van der Waals surface area contributed by atoms with E-state index in [1.165, 1.54) is 42.5 Å². The van der Waals surface area contributed by atoms with Crippen LogP contribution in [0.25, 0.3) is 11.0 Å². The van der Waals surface area contributed by atoms with Gasteiger partial charge in [-0.2, -0.15) is 4.31 Å². The van der Waals surface area contributed by atoms with E-state index in [1.54, 1.807) is 35.6 Å². The monoisotopic (exact) mass is 981 g/mol. The Morgan fingerprint density at radius 2 is 1.67 bits per heavy atom. The van der Waals surface area contributed by atoms with Crippen LogP contribution in [0.4, 0.5) is 17.2 Å². The largest absolute Gasteiger partial charge is 0.455 e. The Bertz CT molecular complexity index is 2990. The zero-order chi connectivity index (χ0) is 48.3. The number of pyridine rings is 2. The highest BCUT2D eigenvalue weighted by molar-refractivity contribution is 7.90. The molecule has 3 aromatic heterocycles. The van der Waals surface area contributed by atoms with Crippen LogP contribution in [0.2, 0.25) is 0 Å². The third-order valence-corrected chi connectivity index (χ3v) is 17.9. The van der Waals surface area contributed by atoms with Crippen LogP contribution in [0, 0.1) is 21.4 Å². The molecular weight excluding hydrogens is 923 g/mol. The number of anilines is 2. The summed E-state index contributed by atoms with van der Waals surface area (Å²) >= 11 is 0. The summed E-state index contributed by atoms with van der Waals surface area (Å²) < 4.78 is 63.1. The molecule has 5 fully saturated rings. The summed E-state index contributed by atoms with van der Waals surface area (Å²) in [6.45, 7) is 5.28. The number of aliphatic hydroxyl groups is 1. The van der Waals surface area contributed by atoms with Gasteiger partial charge in [0.25, 0.3) is 15.9 Å². The first-order chi connectivity index (χ1) is 32.9. The van der Waals surface area contributed by atoms with Crippen molar-refractivity contribution >= 4 is 54.2 Å². The van der Waals surface area contributed by atoms with Gasteiger partial charge >= 0.3 is 5.69 Å². The number of sulfonamides is 2. The molecule has 4 N–H and O–H groups in total. The van der Waals surface area contributed by atoms with Crippen LogP contribution >= 0.6 is 0 Å². The van der Waals surface area contributed by atoms with Gasteiger partial charge in [0, 0.05) is 80.8 Å². The minimum Gasteiger partial charge on any atom is -0.455 e. The minimum absolute atomic E-state index is 0.000581. The molecule has 2 saturated heterocycles. The topological polar surface area (TPSA) is 233 Å². The molecule has 2 aromatic carbocycles. The number of hydrogen-bond acceptors (Lipinski definition) is 14. The van der Waals surface area contributed by atoms with Crippen molar-refractivity contribution in [1.82, 2.24) is 28.9 Å². The van der Waals surface area contributed by atoms with Gasteiger partial charge in [-0.1, -0.05) is 24.3 Å². The number of piperazine rings is 1. The van der Waals surface area contributed by atoms with Crippen LogP contribution in [-0.2, 0) is 20.0 Å². The van der Waals surface area contributed by atoms with Crippen molar-refractivity contribution in [2.75, 3.05) is 55.7 Å². The fourth-order valence-corrected chi connectivity index (χ4v) is 12.9. The molecule has 1 spiro atoms. The second-order valence-electron chi connectivity index (χ2n) is 20.2. The first-order valence-electron chi connectivity index (χ1n) is 23.9. The Balaban J connectivity index is 0.840. The Hall–Kier alpha value is -5.67. The van der Waals surface area contributed by atoms with E-state index in [1.807, 2.05) is 6.07 Å². The minimum atomic E-state index is -4.66. The van der Waals surface area contributed by atoms with Gasteiger partial charge in [0.2, 0.25) is 15.8 Å². The molecule has 18 nitrogen and oxygen atoms in total. The molecule has 1 amide bonds. The quantitative estimate of drug-likeness (QED) is 0.0644. The van der Waals surface area contributed by atoms with Crippen LogP contribution in [-0.4, -0.2) is 114 Å². The highest BCUT2D eigenvalue weighted by Gasteiger charge is 2.51. The van der Waals surface area contributed by atoms with E-state index in [0.717, 1.165) is 75.0 Å². The standard InChI is InChI=1S/C49H59N9O9S2/c1-48(60)14-11-32(12-15-48)28-51-46-42(58(61)62)25-38(30-53-46)69(65,66)54-47(59)41-10-9-35(24-44(41)67-37-23-34-13-18-50-45(34)52-29-37)55-19-16-49(17-20-55)26-36(27-49)57-22-21-56(68(2,63)64)31-43(57)40-6-4-3-5-39(40)33-7-8-33/h3-6,9-10,13,18,23-25,29-30,32-33,36,43,60H,7-8,11-12,14-17,19-22,26-28,31H2,1-2H3,(H,50,52)(H,51,53)(H,54,59)/t32?,43-,48?/m1/s1. The van der Waals surface area contributed by atoms with E-state index in [-0.39, 0.29) is 34.5 Å². The number of aromatic amines is 1. The predicted molar refractivity (Wildman–Crippen MR) is 260 cm³/mol. The van der Waals surface area contributed by atoms with Crippen molar-refractivity contribution in [2.45, 2.75) is 99.6 Å². The molecule has 0 radical (unpaired) electrons. The fraction of sp³-hybridized carbons (Fsp3) is 0.490. The van der Waals surface area contributed by atoms with Crippen molar-refractivity contribution in [3.05, 3.63) is 106 Å². The number of amides is 1. The van der Waals surface area contributed by atoms with E-state index in [4.69, 9.17) is 4.74 Å². The maximum Gasteiger partial charge on any atom is 0.312 e. The van der Waals surface area contributed by atoms with Gasteiger partial charge < -0.3 is 25.0 Å². The zero-order valence-corrected chi connectivity index (χ0v) is 40.5. The molecule has 3 aliphatic carbocycles. The van der Waals surface area contributed by atoms with Crippen LogP contribution in [0.3, 0.4) is 0 Å². The smallest absolute Gasteiger partial charge is 0.312 e. The third-order valence-electron chi connectivity index (χ3n) is 15.4. The first-order valence-corrected chi connectivity index (χ1v) is 27.2. The van der Waals surface area contributed by atoms with Crippen molar-refractivity contribution in [3.8, 4) is 11.5 Å². The van der Waals surface area contributed by atoms with Gasteiger partial charge in [0.15, 0.2) is 0 Å². The number of H-pyrrole nitrogens is 1. The molecule has 366 valence electrons. The Morgan fingerprint density at radius 1 is 0.928 bits per heavy atom. The number of rotatable bonds is 14. The van der Waals surface area contributed by atoms with Gasteiger partial charge in [0.1, 0.15) is 22.0 Å². The molecule has 0 bridgehead atoms. The normalized spacial score (nSPS) is 23.7. The van der Waals surface area contributed by atoms with E-state index >= 15 is 0 Å². The number of carbonyl (C=O) groups is 1. The number of benzene rings is 2. The summed E-state index contributed by atoms with van der Waals surface area (Å²) in [6.07, 6.45) is 14.5. The van der Waals surface area contributed by atoms with Gasteiger partial charge in [-0.3, -0.25) is 19.8 Å². The Morgan fingerprint density at radius 3 is 2.38 bits per heavy atom. The number of piperidine rings is 1. The molecule has 1 atom stereocenters. The molecule has 0 unspecified atom stereocenters. The van der Waals surface area contributed by atoms with E-state index < -0.39 is 47.1 Å². The van der Waals surface area contributed by atoms with Crippen LogP contribution < -0.4 is 19.7 Å². The second kappa shape index (κ2) is 18.3. The van der Waals surface area contributed by atoms with Gasteiger partial charge in [-0.25, -0.2) is 31.5 Å². The van der Waals surface area contributed by atoms with Gasteiger partial charge in [0.05, 0.1) is 34.7 Å². The Labute approximate surface area is 402 Å². The number of nitro groups is 1. The summed E-state index contributed by atoms with van der Waals surface area (Å²) in [5.41, 5.74) is 2.83.